The Balaban J connectivity index is 1.97. The predicted molar refractivity (Wildman–Crippen MR) is 138 cm³/mol. The lowest BCUT2D eigenvalue weighted by Gasteiger charge is -2.32. The van der Waals surface area contributed by atoms with E-state index in [-0.39, 0.29) is 24.8 Å². The molecule has 0 saturated heterocycles. The van der Waals surface area contributed by atoms with E-state index >= 15 is 0 Å². The predicted octanol–water partition coefficient (Wildman–Crippen LogP) is 4.86. The molecule has 0 bridgehead atoms. The first kappa shape index (κ1) is 26.5. The topological polar surface area (TPSA) is 91.4 Å². The molecule has 0 fully saturated rings. The molecule has 3 rings (SSSR count). The number of benzene rings is 2. The number of aromatic nitrogens is 1. The Morgan fingerprint density at radius 3 is 2.19 bits per heavy atom. The average Bonchev–Trinajstić information content (AvgIpc) is 2.81. The smallest absolute Gasteiger partial charge is 0.248 e. The second-order valence-electron chi connectivity index (χ2n) is 8.99. The summed E-state index contributed by atoms with van der Waals surface area (Å²) in [7, 11) is 0. The van der Waals surface area contributed by atoms with Gasteiger partial charge in [0.15, 0.2) is 0 Å². The highest BCUT2D eigenvalue weighted by molar-refractivity contribution is 6.03. The van der Waals surface area contributed by atoms with Gasteiger partial charge >= 0.3 is 0 Å². The Bertz CT molecular complexity index is 1190. The van der Waals surface area contributed by atoms with Crippen LogP contribution in [0.4, 0.5) is 15.9 Å². The number of pyridine rings is 1. The standard InChI is InChI=1S/C28H31FN4O3/c1-18(2)31-28(36)27(21-8-10-22(29)11-9-21)33(23-16-19(3)15-20(4)17-23)26(35)13-12-25(34)32-24-7-5-6-14-30-24/h5-11,14-18,27H,12-13H2,1-4H3,(H,31,36)(H,30,32,34)/t27-/m1/s1. The van der Waals surface area contributed by atoms with E-state index in [0.29, 0.717) is 17.1 Å². The van der Waals surface area contributed by atoms with E-state index in [2.05, 4.69) is 15.6 Å². The zero-order valence-electron chi connectivity index (χ0n) is 20.9. The molecule has 1 aromatic heterocycles. The van der Waals surface area contributed by atoms with Crippen molar-refractivity contribution in [3.05, 3.63) is 89.4 Å². The first-order chi connectivity index (χ1) is 17.1. The summed E-state index contributed by atoms with van der Waals surface area (Å²) in [6, 6.07) is 15.0. The van der Waals surface area contributed by atoms with Gasteiger partial charge in [-0.15, -0.1) is 0 Å². The van der Waals surface area contributed by atoms with Crippen LogP contribution in [-0.4, -0.2) is 28.7 Å². The number of carbonyl (C=O) groups is 3. The van der Waals surface area contributed by atoms with Crippen molar-refractivity contribution in [2.45, 2.75) is 52.6 Å². The third-order valence-corrected chi connectivity index (χ3v) is 5.37. The molecule has 0 aliphatic heterocycles. The van der Waals surface area contributed by atoms with Gasteiger partial charge in [0.2, 0.25) is 17.7 Å². The third kappa shape index (κ3) is 7.21. The van der Waals surface area contributed by atoms with Crippen molar-refractivity contribution in [3.63, 3.8) is 0 Å². The zero-order chi connectivity index (χ0) is 26.2. The monoisotopic (exact) mass is 490 g/mol. The van der Waals surface area contributed by atoms with Gasteiger partial charge in [0.25, 0.3) is 0 Å². The number of hydrogen-bond donors (Lipinski definition) is 2. The lowest BCUT2D eigenvalue weighted by atomic mass is 10.0. The van der Waals surface area contributed by atoms with Crippen molar-refractivity contribution in [1.29, 1.82) is 0 Å². The third-order valence-electron chi connectivity index (χ3n) is 5.37. The molecule has 0 unspecified atom stereocenters. The number of anilines is 2. The number of aryl methyl sites for hydroxylation is 2. The van der Waals surface area contributed by atoms with Crippen LogP contribution in [0.1, 0.15) is 49.4 Å². The SMILES string of the molecule is Cc1cc(C)cc(N(C(=O)CCC(=O)Nc2ccccn2)[C@@H](C(=O)NC(C)C)c2ccc(F)cc2)c1. The molecular formula is C28H31FN4O3. The number of rotatable bonds is 9. The molecule has 8 heteroatoms. The summed E-state index contributed by atoms with van der Waals surface area (Å²) >= 11 is 0. The second-order valence-corrected chi connectivity index (χ2v) is 8.99. The van der Waals surface area contributed by atoms with E-state index in [9.17, 15) is 18.8 Å². The molecule has 0 radical (unpaired) electrons. The van der Waals surface area contributed by atoms with Gasteiger partial charge in [0, 0.05) is 30.8 Å². The van der Waals surface area contributed by atoms with Crippen LogP contribution in [-0.2, 0) is 14.4 Å². The minimum Gasteiger partial charge on any atom is -0.352 e. The summed E-state index contributed by atoms with van der Waals surface area (Å²) in [5.74, 6) is -1.24. The van der Waals surface area contributed by atoms with Gasteiger partial charge in [-0.1, -0.05) is 24.3 Å². The van der Waals surface area contributed by atoms with Crippen LogP contribution in [0.15, 0.2) is 66.9 Å². The van der Waals surface area contributed by atoms with Gasteiger partial charge in [0.1, 0.15) is 17.7 Å². The van der Waals surface area contributed by atoms with Crippen LogP contribution in [0.2, 0.25) is 0 Å². The summed E-state index contributed by atoms with van der Waals surface area (Å²) in [4.78, 5) is 45.1. The number of halogens is 1. The molecule has 36 heavy (non-hydrogen) atoms. The summed E-state index contributed by atoms with van der Waals surface area (Å²) < 4.78 is 13.7. The van der Waals surface area contributed by atoms with Crippen molar-refractivity contribution >= 4 is 29.2 Å². The van der Waals surface area contributed by atoms with Crippen LogP contribution in [0, 0.1) is 19.7 Å². The quantitative estimate of drug-likeness (QED) is 0.448. The van der Waals surface area contributed by atoms with Crippen LogP contribution >= 0.6 is 0 Å². The fourth-order valence-electron chi connectivity index (χ4n) is 3.94. The lowest BCUT2D eigenvalue weighted by Crippen LogP contribution is -2.46. The van der Waals surface area contributed by atoms with Gasteiger partial charge in [-0.05, 0) is 80.8 Å². The maximum absolute atomic E-state index is 13.7. The fraction of sp³-hybridized carbons (Fsp3) is 0.286. The van der Waals surface area contributed by atoms with Crippen molar-refractivity contribution in [3.8, 4) is 0 Å². The van der Waals surface area contributed by atoms with Crippen molar-refractivity contribution in [1.82, 2.24) is 10.3 Å². The number of hydrogen-bond acceptors (Lipinski definition) is 4. The maximum atomic E-state index is 13.7. The number of carbonyl (C=O) groups excluding carboxylic acids is 3. The van der Waals surface area contributed by atoms with Crippen molar-refractivity contribution in [2.75, 3.05) is 10.2 Å². The molecule has 188 valence electrons. The van der Waals surface area contributed by atoms with E-state index in [0.717, 1.165) is 11.1 Å². The van der Waals surface area contributed by atoms with Crippen LogP contribution in [0.5, 0.6) is 0 Å². The summed E-state index contributed by atoms with van der Waals surface area (Å²) in [5, 5.41) is 5.54. The normalized spacial score (nSPS) is 11.6. The first-order valence-corrected chi connectivity index (χ1v) is 11.8. The number of amides is 3. The van der Waals surface area contributed by atoms with E-state index in [1.54, 1.807) is 24.4 Å². The van der Waals surface area contributed by atoms with Gasteiger partial charge in [0.05, 0.1) is 0 Å². The lowest BCUT2D eigenvalue weighted by molar-refractivity contribution is -0.127. The van der Waals surface area contributed by atoms with Crippen molar-refractivity contribution in [2.24, 2.45) is 0 Å². The highest BCUT2D eigenvalue weighted by Crippen LogP contribution is 2.31. The molecule has 1 heterocycles. The van der Waals surface area contributed by atoms with Crippen LogP contribution < -0.4 is 15.5 Å². The van der Waals surface area contributed by atoms with E-state index in [1.165, 1.54) is 29.2 Å². The summed E-state index contributed by atoms with van der Waals surface area (Å²) in [5.41, 5.74) is 2.81. The number of nitrogens with one attached hydrogen (secondary N) is 2. The molecule has 3 amide bonds. The van der Waals surface area contributed by atoms with Crippen molar-refractivity contribution < 1.29 is 18.8 Å². The van der Waals surface area contributed by atoms with Gasteiger partial charge in [-0.3, -0.25) is 19.3 Å². The Labute approximate surface area is 210 Å². The largest absolute Gasteiger partial charge is 0.352 e. The maximum Gasteiger partial charge on any atom is 0.248 e. The molecule has 0 aliphatic carbocycles. The van der Waals surface area contributed by atoms with Gasteiger partial charge < -0.3 is 10.6 Å². The zero-order valence-corrected chi connectivity index (χ0v) is 20.9. The Morgan fingerprint density at radius 2 is 1.61 bits per heavy atom. The molecule has 0 saturated carbocycles. The number of nitrogens with zero attached hydrogens (tertiary/aromatic N) is 2. The summed E-state index contributed by atoms with van der Waals surface area (Å²) in [6.07, 6.45) is 1.32. The molecule has 7 nitrogen and oxygen atoms in total. The Kier molecular flexibility index (Phi) is 8.89. The molecule has 2 N–H and O–H groups in total. The molecular weight excluding hydrogens is 459 g/mol. The van der Waals surface area contributed by atoms with Crippen LogP contribution in [0.25, 0.3) is 0 Å². The minimum absolute atomic E-state index is 0.0986. The molecule has 0 aliphatic rings. The van der Waals surface area contributed by atoms with E-state index in [4.69, 9.17) is 0 Å². The Morgan fingerprint density at radius 1 is 0.944 bits per heavy atom. The molecule has 3 aromatic rings. The van der Waals surface area contributed by atoms with E-state index < -0.39 is 23.7 Å². The highest BCUT2D eigenvalue weighted by Gasteiger charge is 2.33. The molecule has 2 aromatic carbocycles. The Hall–Kier alpha value is -4.07. The first-order valence-electron chi connectivity index (χ1n) is 11.8. The second kappa shape index (κ2) is 12.1. The molecule has 0 spiro atoms. The average molecular weight is 491 g/mol. The summed E-state index contributed by atoms with van der Waals surface area (Å²) in [6.45, 7) is 7.45. The minimum atomic E-state index is -1.06. The highest BCUT2D eigenvalue weighted by atomic mass is 19.1. The van der Waals surface area contributed by atoms with Gasteiger partial charge in [-0.25, -0.2) is 9.37 Å². The van der Waals surface area contributed by atoms with Gasteiger partial charge in [-0.2, -0.15) is 0 Å². The van der Waals surface area contributed by atoms with Crippen LogP contribution in [0.3, 0.4) is 0 Å². The fourth-order valence-corrected chi connectivity index (χ4v) is 3.94. The molecule has 1 atom stereocenters. The van der Waals surface area contributed by atoms with E-state index in [1.807, 2.05) is 45.9 Å².